The molecule has 0 rings (SSSR count). The zero-order valence-electron chi connectivity index (χ0n) is 22.3. The maximum Gasteiger partial charge on any atom is 0.0559 e. The summed E-state index contributed by atoms with van der Waals surface area (Å²) in [6, 6.07) is 0. The van der Waals surface area contributed by atoms with E-state index in [9.17, 15) is 0 Å². The predicted octanol–water partition coefficient (Wildman–Crippen LogP) is 2.75. The third kappa shape index (κ3) is 41.2. The Morgan fingerprint density at radius 2 is 0.481 bits per heavy atom. The molecule has 0 aromatic rings. The van der Waals surface area contributed by atoms with Crippen LogP contribution in [0.5, 0.6) is 0 Å². The highest BCUT2D eigenvalue weighted by Crippen LogP contribution is 2.02. The average Bonchev–Trinajstić information content (AvgIpc) is 3.15. The molecule has 50 nitrogen and oxygen atoms in total. The van der Waals surface area contributed by atoms with Crippen LogP contribution in [0.1, 0.15) is 0 Å². The SMILES string of the molecule is N=N/N=N/N=N/N=N/N=N/N=N/N=N/N=N/N=N/N=N/N=N/N(OOOOOOOOOOOOOS)OOOOOOOOOOOOOOS. The van der Waals surface area contributed by atoms with E-state index in [2.05, 4.69) is 270 Å². The Morgan fingerprint density at radius 3 is 0.731 bits per heavy atom. The molecule has 292 valence electrons. The molecule has 0 aliphatic rings. The van der Waals surface area contributed by atoms with Crippen LogP contribution >= 0.6 is 25.8 Å². The number of hydrogen-bond acceptors (Lipinski definition) is 31. The summed E-state index contributed by atoms with van der Waals surface area (Å²) in [4.78, 5) is 8.10. The number of rotatable bonds is 38. The molecule has 1 N–H and O–H groups in total. The van der Waals surface area contributed by atoms with Crippen molar-refractivity contribution in [2.75, 3.05) is 0 Å². The van der Waals surface area contributed by atoms with Crippen LogP contribution in [-0.4, -0.2) is 5.34 Å². The molecule has 52 heteroatoms. The van der Waals surface area contributed by atoms with Gasteiger partial charge in [-0.05, 0) is 168 Å². The number of thiol groups is 2. The molecular weight excluding hydrogens is 818 g/mol. The Kier molecular flexibility index (Phi) is 39.8. The van der Waals surface area contributed by atoms with Crippen molar-refractivity contribution < 1.29 is 135 Å². The van der Waals surface area contributed by atoms with E-state index < -0.39 is 0 Å². The van der Waals surface area contributed by atoms with Gasteiger partial charge < -0.3 is 0 Å². The minimum absolute atomic E-state index is 0.351. The molecule has 0 spiro atoms. The summed E-state index contributed by atoms with van der Waals surface area (Å²) in [7, 11) is 0. The molecule has 0 aromatic carbocycles. The van der Waals surface area contributed by atoms with Crippen LogP contribution in [0.3, 0.4) is 0 Å². The van der Waals surface area contributed by atoms with E-state index in [1.54, 1.807) is 0 Å². The quantitative estimate of drug-likeness (QED) is 0.0201. The van der Waals surface area contributed by atoms with Gasteiger partial charge in [0.05, 0.1) is 5.34 Å². The first-order valence-corrected chi connectivity index (χ1v) is 10.1. The summed E-state index contributed by atoms with van der Waals surface area (Å²) in [6.07, 6.45) is 0. The third-order valence-electron chi connectivity index (χ3n) is 1.71. The van der Waals surface area contributed by atoms with E-state index in [1.165, 1.54) is 0 Å². The number of nitrogens with one attached hydrogen (secondary N) is 1. The number of hydrogen-bond donors (Lipinski definition) is 3. The fourth-order valence-electron chi connectivity index (χ4n) is 0.734. The van der Waals surface area contributed by atoms with Crippen LogP contribution in [0.15, 0.2) is 110 Å². The normalized spacial score (nSPS) is 13.0. The minimum atomic E-state index is -0.351. The van der Waals surface area contributed by atoms with Gasteiger partial charge in [0.15, 0.2) is 0 Å². The van der Waals surface area contributed by atoms with Crippen molar-refractivity contribution in [1.82, 2.24) is 5.34 Å². The lowest BCUT2D eigenvalue weighted by Crippen LogP contribution is -2.19. The predicted molar refractivity (Wildman–Crippen MR) is 103 cm³/mol. The van der Waals surface area contributed by atoms with Crippen LogP contribution < -0.4 is 0 Å². The second kappa shape index (κ2) is 44.0. The van der Waals surface area contributed by atoms with E-state index in [1.807, 2.05) is 0 Å². The van der Waals surface area contributed by atoms with Gasteiger partial charge in [0, 0.05) is 93.7 Å². The van der Waals surface area contributed by atoms with Crippen LogP contribution in [0.4, 0.5) is 0 Å². The molecule has 0 heterocycles. The topological polar surface area (TPSA) is 536 Å². The first kappa shape index (κ1) is 47.0. The second-order valence-electron chi connectivity index (χ2n) is 3.99. The van der Waals surface area contributed by atoms with Crippen LogP contribution in [0, 0.1) is 5.53 Å². The maximum absolute atomic E-state index is 6.26. The van der Waals surface area contributed by atoms with Crippen LogP contribution in [-0.2, 0) is 135 Å². The van der Waals surface area contributed by atoms with Gasteiger partial charge in [0.1, 0.15) is 0 Å². The molecule has 0 aliphatic carbocycles. The van der Waals surface area contributed by atoms with E-state index in [0.29, 0.717) is 0 Å². The zero-order valence-corrected chi connectivity index (χ0v) is 24.0. The van der Waals surface area contributed by atoms with Crippen molar-refractivity contribution in [1.29, 1.82) is 5.53 Å². The summed E-state index contributed by atoms with van der Waals surface area (Å²) in [6.45, 7) is 0. The fourth-order valence-corrected chi connectivity index (χ4v) is 0.784. The molecular formula is H3N23O27S2. The van der Waals surface area contributed by atoms with Crippen molar-refractivity contribution in [2.45, 2.75) is 0 Å². The summed E-state index contributed by atoms with van der Waals surface area (Å²) in [5.74, 6) is 0. The van der Waals surface area contributed by atoms with E-state index >= 15 is 0 Å². The first-order valence-electron chi connectivity index (χ1n) is 9.32. The van der Waals surface area contributed by atoms with Crippen molar-refractivity contribution in [3.63, 3.8) is 0 Å². The Labute approximate surface area is 281 Å². The van der Waals surface area contributed by atoms with Gasteiger partial charge in [-0.15, -0.1) is 8.67 Å². The standard InChI is InChI=1S/H3N23O27S2/c1-2-3-4-5-6-7-8-9-10-11-12-13-14-15-16-17-18-19-20-21-22-23(25-27-29-31-33-35-37-39-41-43-45-47-49-51)24-26-28-30-32-34-36-38-40-42-44-46-48-50-52/h1,51-52H/b2-1?,4-3+,6-5+,8-7+,10-9+,12-11+,14-13+,16-15+,18-17+,20-19+,22-21+. The van der Waals surface area contributed by atoms with Gasteiger partial charge in [-0.25, -0.2) is 0 Å². The van der Waals surface area contributed by atoms with Gasteiger partial charge >= 0.3 is 0 Å². The summed E-state index contributed by atoms with van der Waals surface area (Å²) in [5, 5.41) is 143. The Hall–Kier alpha value is -4.98. The smallest absolute Gasteiger partial charge is 0.0559 e. The maximum atomic E-state index is 6.26. The largest absolute Gasteiger partial charge is 0.183 e. The Bertz CT molecular complexity index is 1080. The molecule has 0 bridgehead atoms. The van der Waals surface area contributed by atoms with E-state index in [-0.39, 0.29) is 5.34 Å². The summed E-state index contributed by atoms with van der Waals surface area (Å²) >= 11 is 6.13. The highest BCUT2D eigenvalue weighted by Gasteiger charge is 2.10. The summed E-state index contributed by atoms with van der Waals surface area (Å²) < 4.78 is 7.19. The molecule has 0 radical (unpaired) electrons. The van der Waals surface area contributed by atoms with Gasteiger partial charge in [-0.1, -0.05) is 0 Å². The van der Waals surface area contributed by atoms with Gasteiger partial charge in [-0.3, -0.25) is 0 Å². The summed E-state index contributed by atoms with van der Waals surface area (Å²) in [5.41, 5.74) is 6.26. The third-order valence-corrected chi connectivity index (χ3v) is 1.83. The second-order valence-corrected chi connectivity index (χ2v) is 4.29. The molecule has 0 aromatic heterocycles. The molecule has 0 fully saturated rings. The van der Waals surface area contributed by atoms with Crippen LogP contribution in [0.25, 0.3) is 0 Å². The van der Waals surface area contributed by atoms with Gasteiger partial charge in [0.25, 0.3) is 0 Å². The molecule has 52 heavy (non-hydrogen) atoms. The van der Waals surface area contributed by atoms with E-state index in [4.69, 9.17) is 5.53 Å². The zero-order chi connectivity index (χ0) is 37.5. The molecule has 0 amide bonds. The van der Waals surface area contributed by atoms with Gasteiger partial charge in [-0.2, -0.15) is 5.53 Å². The first-order chi connectivity index (χ1) is 25.8. The molecule has 0 aliphatic heterocycles. The average molecular weight is 821 g/mol. The van der Waals surface area contributed by atoms with E-state index in [0.717, 1.165) is 0 Å². The highest BCUT2D eigenvalue weighted by atomic mass is 32.1. The van der Waals surface area contributed by atoms with Crippen LogP contribution in [0.2, 0.25) is 0 Å². The Morgan fingerprint density at radius 1 is 0.269 bits per heavy atom. The lowest BCUT2D eigenvalue weighted by Gasteiger charge is -2.07. The van der Waals surface area contributed by atoms with Crippen molar-refractivity contribution in [3.05, 3.63) is 0 Å². The molecule has 0 saturated carbocycles. The molecule has 0 atom stereocenters. The van der Waals surface area contributed by atoms with Crippen molar-refractivity contribution >= 4 is 25.8 Å². The lowest BCUT2D eigenvalue weighted by molar-refractivity contribution is -0.885. The lowest BCUT2D eigenvalue weighted by atomic mass is 12.3. The molecule has 0 saturated heterocycles. The van der Waals surface area contributed by atoms with Crippen molar-refractivity contribution in [2.24, 2.45) is 110 Å². The Balaban J connectivity index is 4.40. The van der Waals surface area contributed by atoms with Crippen molar-refractivity contribution in [3.8, 4) is 0 Å². The van der Waals surface area contributed by atoms with Gasteiger partial charge in [0.2, 0.25) is 0 Å². The fraction of sp³-hybridized carbons (Fsp3) is 0. The molecule has 0 unspecified atom stereocenters. The monoisotopic (exact) mass is 821 g/mol. The highest BCUT2D eigenvalue weighted by molar-refractivity contribution is 7.75. The number of nitrogens with zero attached hydrogens (tertiary/aromatic N) is 22. The minimum Gasteiger partial charge on any atom is -0.183 e.